The molecule has 0 unspecified atom stereocenters. The van der Waals surface area contributed by atoms with Crippen molar-refractivity contribution in [3.8, 4) is 0 Å². The van der Waals surface area contributed by atoms with Crippen LogP contribution < -0.4 is 5.73 Å². The minimum absolute atomic E-state index is 0.798. The third-order valence-electron chi connectivity index (χ3n) is 2.27. The van der Waals surface area contributed by atoms with Gasteiger partial charge in [-0.25, -0.2) is 0 Å². The average Bonchev–Trinajstić information content (AvgIpc) is 2.30. The standard InChI is InChI=1S/C14H12IN/c15-13-7-3-11(4-8-13)1-2-12-5-9-14(16)10-6-12/h1-10H,16H2/b2-1+. The van der Waals surface area contributed by atoms with Crippen molar-refractivity contribution in [2.45, 2.75) is 0 Å². The lowest BCUT2D eigenvalue weighted by Gasteiger charge is -1.96. The van der Waals surface area contributed by atoms with E-state index in [1.807, 2.05) is 24.3 Å². The van der Waals surface area contributed by atoms with Gasteiger partial charge < -0.3 is 5.73 Å². The minimum Gasteiger partial charge on any atom is -0.399 e. The van der Waals surface area contributed by atoms with E-state index in [0.717, 1.165) is 11.3 Å². The Balaban J connectivity index is 2.15. The molecule has 0 aromatic heterocycles. The number of halogens is 1. The number of nitrogen functional groups attached to an aromatic ring is 1. The third kappa shape index (κ3) is 3.10. The molecule has 0 heterocycles. The Morgan fingerprint density at radius 2 is 1.19 bits per heavy atom. The minimum atomic E-state index is 0.798. The SMILES string of the molecule is Nc1ccc(/C=C/c2ccc(I)cc2)cc1. The zero-order valence-electron chi connectivity index (χ0n) is 8.73. The Kier molecular flexibility index (Phi) is 3.62. The van der Waals surface area contributed by atoms with Crippen LogP contribution in [0, 0.1) is 3.57 Å². The van der Waals surface area contributed by atoms with Crippen LogP contribution in [-0.2, 0) is 0 Å². The van der Waals surface area contributed by atoms with Gasteiger partial charge in [-0.2, -0.15) is 0 Å². The van der Waals surface area contributed by atoms with Crippen molar-refractivity contribution < 1.29 is 0 Å². The maximum Gasteiger partial charge on any atom is 0.0314 e. The van der Waals surface area contributed by atoms with E-state index in [0.29, 0.717) is 0 Å². The van der Waals surface area contributed by atoms with Crippen LogP contribution in [0.25, 0.3) is 12.2 Å². The molecule has 0 aliphatic rings. The maximum atomic E-state index is 5.63. The van der Waals surface area contributed by atoms with Gasteiger partial charge in [-0.1, -0.05) is 36.4 Å². The lowest BCUT2D eigenvalue weighted by atomic mass is 10.1. The van der Waals surface area contributed by atoms with Crippen LogP contribution in [0.3, 0.4) is 0 Å². The summed E-state index contributed by atoms with van der Waals surface area (Å²) < 4.78 is 1.25. The molecule has 2 heteroatoms. The molecule has 0 aliphatic heterocycles. The van der Waals surface area contributed by atoms with Crippen LogP contribution in [0.4, 0.5) is 5.69 Å². The highest BCUT2D eigenvalue weighted by Gasteiger charge is 1.89. The van der Waals surface area contributed by atoms with Crippen LogP contribution in [0.5, 0.6) is 0 Å². The van der Waals surface area contributed by atoms with Gasteiger partial charge in [0.15, 0.2) is 0 Å². The predicted octanol–water partition coefficient (Wildman–Crippen LogP) is 4.04. The number of anilines is 1. The van der Waals surface area contributed by atoms with E-state index in [-0.39, 0.29) is 0 Å². The molecule has 0 aliphatic carbocycles. The smallest absolute Gasteiger partial charge is 0.0314 e. The zero-order valence-corrected chi connectivity index (χ0v) is 10.9. The fourth-order valence-electron chi connectivity index (χ4n) is 1.37. The van der Waals surface area contributed by atoms with Gasteiger partial charge in [-0.3, -0.25) is 0 Å². The highest BCUT2D eigenvalue weighted by Crippen LogP contribution is 2.12. The largest absolute Gasteiger partial charge is 0.399 e. The molecule has 1 nitrogen and oxygen atoms in total. The van der Waals surface area contributed by atoms with Crippen molar-refractivity contribution in [2.75, 3.05) is 5.73 Å². The fraction of sp³-hybridized carbons (Fsp3) is 0. The van der Waals surface area contributed by atoms with Crippen LogP contribution >= 0.6 is 22.6 Å². The molecule has 2 N–H and O–H groups in total. The molecule has 0 atom stereocenters. The Bertz CT molecular complexity index is 436. The molecule has 80 valence electrons. The maximum absolute atomic E-state index is 5.63. The Morgan fingerprint density at radius 1 is 0.750 bits per heavy atom. The van der Waals surface area contributed by atoms with Gasteiger partial charge in [0.05, 0.1) is 0 Å². The van der Waals surface area contributed by atoms with Crippen molar-refractivity contribution >= 4 is 40.4 Å². The van der Waals surface area contributed by atoms with E-state index >= 15 is 0 Å². The zero-order chi connectivity index (χ0) is 11.4. The summed E-state index contributed by atoms with van der Waals surface area (Å²) in [5.74, 6) is 0. The van der Waals surface area contributed by atoms with Gasteiger partial charge >= 0.3 is 0 Å². The Hall–Kier alpha value is -1.29. The molecule has 0 saturated heterocycles. The van der Waals surface area contributed by atoms with Gasteiger partial charge in [0.2, 0.25) is 0 Å². The first-order valence-corrected chi connectivity index (χ1v) is 6.11. The molecular weight excluding hydrogens is 309 g/mol. The van der Waals surface area contributed by atoms with Crippen LogP contribution in [0.15, 0.2) is 48.5 Å². The molecule has 0 spiro atoms. The van der Waals surface area contributed by atoms with E-state index in [4.69, 9.17) is 5.73 Å². The van der Waals surface area contributed by atoms with Gasteiger partial charge in [0.1, 0.15) is 0 Å². The number of hydrogen-bond acceptors (Lipinski definition) is 1. The summed E-state index contributed by atoms with van der Waals surface area (Å²) in [5.41, 5.74) is 8.79. The first-order chi connectivity index (χ1) is 7.74. The number of hydrogen-bond donors (Lipinski definition) is 1. The first kappa shape index (κ1) is 11.2. The molecule has 2 rings (SSSR count). The van der Waals surface area contributed by atoms with Crippen LogP contribution in [-0.4, -0.2) is 0 Å². The Labute approximate surface area is 109 Å². The fourth-order valence-corrected chi connectivity index (χ4v) is 1.73. The summed E-state index contributed by atoms with van der Waals surface area (Å²) in [6.45, 7) is 0. The van der Waals surface area contributed by atoms with E-state index in [1.165, 1.54) is 9.13 Å². The summed E-state index contributed by atoms with van der Waals surface area (Å²) in [5, 5.41) is 0. The van der Waals surface area contributed by atoms with Gasteiger partial charge in [0.25, 0.3) is 0 Å². The van der Waals surface area contributed by atoms with Gasteiger partial charge in [0, 0.05) is 9.26 Å². The molecule has 16 heavy (non-hydrogen) atoms. The van der Waals surface area contributed by atoms with Crippen molar-refractivity contribution in [1.82, 2.24) is 0 Å². The monoisotopic (exact) mass is 321 g/mol. The second-order valence-electron chi connectivity index (χ2n) is 3.55. The summed E-state index contributed by atoms with van der Waals surface area (Å²) in [6, 6.07) is 16.3. The number of rotatable bonds is 2. The van der Waals surface area contributed by atoms with Crippen LogP contribution in [0.1, 0.15) is 11.1 Å². The van der Waals surface area contributed by atoms with Crippen LogP contribution in [0.2, 0.25) is 0 Å². The third-order valence-corrected chi connectivity index (χ3v) is 2.99. The first-order valence-electron chi connectivity index (χ1n) is 5.03. The quantitative estimate of drug-likeness (QED) is 0.504. The molecule has 2 aromatic rings. The predicted molar refractivity (Wildman–Crippen MR) is 78.9 cm³/mol. The molecule has 0 saturated carbocycles. The second-order valence-corrected chi connectivity index (χ2v) is 4.80. The summed E-state index contributed by atoms with van der Waals surface area (Å²) in [4.78, 5) is 0. The molecule has 0 radical (unpaired) electrons. The van der Waals surface area contributed by atoms with E-state index in [1.54, 1.807) is 0 Å². The van der Waals surface area contributed by atoms with Crippen molar-refractivity contribution in [3.63, 3.8) is 0 Å². The number of benzene rings is 2. The normalized spacial score (nSPS) is 10.8. The Morgan fingerprint density at radius 3 is 1.69 bits per heavy atom. The van der Waals surface area contributed by atoms with Gasteiger partial charge in [-0.15, -0.1) is 0 Å². The van der Waals surface area contributed by atoms with E-state index in [2.05, 4.69) is 59.0 Å². The van der Waals surface area contributed by atoms with Gasteiger partial charge in [-0.05, 0) is 58.0 Å². The lowest BCUT2D eigenvalue weighted by molar-refractivity contribution is 1.61. The summed E-state index contributed by atoms with van der Waals surface area (Å²) in [6.07, 6.45) is 4.18. The molecule has 0 fully saturated rings. The van der Waals surface area contributed by atoms with Crippen molar-refractivity contribution in [3.05, 3.63) is 63.2 Å². The highest BCUT2D eigenvalue weighted by atomic mass is 127. The van der Waals surface area contributed by atoms with Crippen molar-refractivity contribution in [1.29, 1.82) is 0 Å². The molecule has 0 amide bonds. The highest BCUT2D eigenvalue weighted by molar-refractivity contribution is 14.1. The lowest BCUT2D eigenvalue weighted by Crippen LogP contribution is -1.82. The van der Waals surface area contributed by atoms with Crippen molar-refractivity contribution in [2.24, 2.45) is 0 Å². The average molecular weight is 321 g/mol. The molecular formula is C14H12IN. The second kappa shape index (κ2) is 5.16. The van der Waals surface area contributed by atoms with E-state index < -0.39 is 0 Å². The topological polar surface area (TPSA) is 26.0 Å². The summed E-state index contributed by atoms with van der Waals surface area (Å²) in [7, 11) is 0. The number of nitrogens with two attached hydrogens (primary N) is 1. The molecule has 0 bridgehead atoms. The molecule has 2 aromatic carbocycles. The summed E-state index contributed by atoms with van der Waals surface area (Å²) >= 11 is 2.30. The van der Waals surface area contributed by atoms with E-state index in [9.17, 15) is 0 Å².